The van der Waals surface area contributed by atoms with Crippen molar-refractivity contribution < 1.29 is 24.1 Å². The number of hydrogen-bond acceptors (Lipinski definition) is 5. The number of benzene rings is 1. The van der Waals surface area contributed by atoms with Gasteiger partial charge in [-0.3, -0.25) is 0 Å². The Hall–Kier alpha value is -1.75. The Morgan fingerprint density at radius 2 is 1.88 bits per heavy atom. The van der Waals surface area contributed by atoms with Crippen LogP contribution in [0.2, 0.25) is 0 Å². The summed E-state index contributed by atoms with van der Waals surface area (Å²) in [6.07, 6.45) is -1.39. The lowest BCUT2D eigenvalue weighted by Gasteiger charge is -2.16. The monoisotopic (exact) mass is 240 g/mol. The van der Waals surface area contributed by atoms with Crippen LogP contribution in [0.15, 0.2) is 12.1 Å². The van der Waals surface area contributed by atoms with Crippen molar-refractivity contribution in [3.63, 3.8) is 0 Å². The molecule has 1 atom stereocenters. The highest BCUT2D eigenvalue weighted by molar-refractivity contribution is 5.78. The largest absolute Gasteiger partial charge is 0.493 e. The zero-order valence-electron chi connectivity index (χ0n) is 10.3. The van der Waals surface area contributed by atoms with E-state index in [2.05, 4.69) is 4.74 Å². The van der Waals surface area contributed by atoms with Gasteiger partial charge in [0, 0.05) is 5.56 Å². The molecule has 0 aromatic heterocycles. The SMILES string of the molecule is COC(=O)C(O)c1cc(C)cc(OC)c1OC. The molecule has 0 aliphatic rings. The highest BCUT2D eigenvalue weighted by Gasteiger charge is 2.24. The van der Waals surface area contributed by atoms with E-state index in [0.717, 1.165) is 5.56 Å². The van der Waals surface area contributed by atoms with Crippen LogP contribution in [0.3, 0.4) is 0 Å². The molecule has 0 saturated heterocycles. The lowest BCUT2D eigenvalue weighted by Crippen LogP contribution is -2.15. The first-order valence-corrected chi connectivity index (χ1v) is 5.03. The minimum Gasteiger partial charge on any atom is -0.493 e. The third kappa shape index (κ3) is 2.68. The van der Waals surface area contributed by atoms with Crippen LogP contribution in [0.25, 0.3) is 0 Å². The Labute approximate surface area is 99.9 Å². The molecule has 0 heterocycles. The number of rotatable bonds is 4. The van der Waals surface area contributed by atoms with Crippen molar-refractivity contribution in [1.29, 1.82) is 0 Å². The fourth-order valence-corrected chi connectivity index (χ4v) is 1.58. The van der Waals surface area contributed by atoms with Crippen molar-refractivity contribution in [3.8, 4) is 11.5 Å². The maximum atomic E-state index is 11.3. The van der Waals surface area contributed by atoms with Crippen LogP contribution in [0.4, 0.5) is 0 Å². The van der Waals surface area contributed by atoms with Gasteiger partial charge < -0.3 is 19.3 Å². The number of ether oxygens (including phenoxy) is 3. The molecule has 0 aliphatic carbocycles. The third-order valence-corrected chi connectivity index (χ3v) is 2.37. The van der Waals surface area contributed by atoms with Gasteiger partial charge in [-0.15, -0.1) is 0 Å². The molecule has 1 rings (SSSR count). The van der Waals surface area contributed by atoms with Gasteiger partial charge >= 0.3 is 5.97 Å². The fourth-order valence-electron chi connectivity index (χ4n) is 1.58. The molecule has 5 heteroatoms. The molecule has 17 heavy (non-hydrogen) atoms. The molecule has 0 aliphatic heterocycles. The van der Waals surface area contributed by atoms with Crippen LogP contribution in [-0.2, 0) is 9.53 Å². The molecule has 0 fully saturated rings. The minimum atomic E-state index is -1.39. The smallest absolute Gasteiger partial charge is 0.339 e. The van der Waals surface area contributed by atoms with Gasteiger partial charge in [-0.05, 0) is 24.6 Å². The maximum absolute atomic E-state index is 11.3. The van der Waals surface area contributed by atoms with Crippen molar-refractivity contribution >= 4 is 5.97 Å². The van der Waals surface area contributed by atoms with Crippen molar-refractivity contribution in [2.24, 2.45) is 0 Å². The molecule has 0 amide bonds. The summed E-state index contributed by atoms with van der Waals surface area (Å²) in [5, 5.41) is 9.84. The van der Waals surface area contributed by atoms with Gasteiger partial charge in [0.2, 0.25) is 0 Å². The summed E-state index contributed by atoms with van der Waals surface area (Å²) in [5.74, 6) is 0.0532. The molecule has 94 valence electrons. The van der Waals surface area contributed by atoms with Crippen molar-refractivity contribution in [2.45, 2.75) is 13.0 Å². The quantitative estimate of drug-likeness (QED) is 0.801. The number of aliphatic hydroxyl groups is 1. The van der Waals surface area contributed by atoms with Gasteiger partial charge in [0.25, 0.3) is 0 Å². The minimum absolute atomic E-state index is 0.330. The molecule has 5 nitrogen and oxygen atoms in total. The average Bonchev–Trinajstić information content (AvgIpc) is 2.35. The van der Waals surface area contributed by atoms with Crippen molar-refractivity contribution in [1.82, 2.24) is 0 Å². The molecule has 1 aromatic rings. The van der Waals surface area contributed by atoms with E-state index in [-0.39, 0.29) is 0 Å². The van der Waals surface area contributed by atoms with Gasteiger partial charge in [-0.2, -0.15) is 0 Å². The average molecular weight is 240 g/mol. The van der Waals surface area contributed by atoms with Crippen LogP contribution in [-0.4, -0.2) is 32.4 Å². The summed E-state index contributed by atoms with van der Waals surface area (Å²) < 4.78 is 14.8. The third-order valence-electron chi connectivity index (χ3n) is 2.37. The van der Waals surface area contributed by atoms with Gasteiger partial charge in [-0.25, -0.2) is 4.79 Å². The number of esters is 1. The van der Waals surface area contributed by atoms with Gasteiger partial charge in [0.1, 0.15) is 0 Å². The van der Waals surface area contributed by atoms with Crippen LogP contribution in [0.1, 0.15) is 17.2 Å². The zero-order valence-corrected chi connectivity index (χ0v) is 10.3. The van der Waals surface area contributed by atoms with Crippen molar-refractivity contribution in [3.05, 3.63) is 23.3 Å². The number of carbonyl (C=O) groups excluding carboxylic acids is 1. The fraction of sp³-hybridized carbons (Fsp3) is 0.417. The summed E-state index contributed by atoms with van der Waals surface area (Å²) >= 11 is 0. The molecular weight excluding hydrogens is 224 g/mol. The molecule has 0 bridgehead atoms. The Morgan fingerprint density at radius 1 is 1.24 bits per heavy atom. The molecule has 1 unspecified atom stereocenters. The van der Waals surface area contributed by atoms with Crippen LogP contribution >= 0.6 is 0 Å². The molecule has 0 spiro atoms. The second kappa shape index (κ2) is 5.54. The summed E-state index contributed by atoms with van der Waals surface area (Å²) in [6, 6.07) is 3.41. The van der Waals surface area contributed by atoms with Gasteiger partial charge in [0.05, 0.1) is 21.3 Å². The van der Waals surface area contributed by atoms with Crippen LogP contribution in [0, 0.1) is 6.92 Å². The predicted octanol–water partition coefficient (Wildman–Crippen LogP) is 1.22. The Balaban J connectivity index is 3.30. The van der Waals surface area contributed by atoms with E-state index >= 15 is 0 Å². The first-order chi connectivity index (χ1) is 8.04. The molecule has 0 saturated carbocycles. The maximum Gasteiger partial charge on any atom is 0.339 e. The van der Waals surface area contributed by atoms with E-state index in [4.69, 9.17) is 9.47 Å². The second-order valence-electron chi connectivity index (χ2n) is 3.52. The summed E-state index contributed by atoms with van der Waals surface area (Å²) in [6.45, 7) is 1.83. The first-order valence-electron chi connectivity index (χ1n) is 5.03. The lowest BCUT2D eigenvalue weighted by atomic mass is 10.0. The Kier molecular flexibility index (Phi) is 4.34. The van der Waals surface area contributed by atoms with E-state index in [1.807, 2.05) is 6.92 Å². The van der Waals surface area contributed by atoms with Crippen LogP contribution < -0.4 is 9.47 Å². The summed E-state index contributed by atoms with van der Waals surface area (Å²) in [7, 11) is 4.15. The Morgan fingerprint density at radius 3 is 2.35 bits per heavy atom. The lowest BCUT2D eigenvalue weighted by molar-refractivity contribution is -0.150. The highest BCUT2D eigenvalue weighted by Crippen LogP contribution is 2.36. The van der Waals surface area contributed by atoms with Gasteiger partial charge in [-0.1, -0.05) is 0 Å². The molecule has 1 N–H and O–H groups in total. The molecule has 1 aromatic carbocycles. The van der Waals surface area contributed by atoms with E-state index in [1.165, 1.54) is 21.3 Å². The number of aliphatic hydroxyl groups excluding tert-OH is 1. The van der Waals surface area contributed by atoms with E-state index in [1.54, 1.807) is 12.1 Å². The van der Waals surface area contributed by atoms with E-state index in [9.17, 15) is 9.90 Å². The highest BCUT2D eigenvalue weighted by atomic mass is 16.5. The number of aryl methyl sites for hydroxylation is 1. The topological polar surface area (TPSA) is 65.0 Å². The number of hydrogen-bond donors (Lipinski definition) is 1. The normalized spacial score (nSPS) is 11.8. The second-order valence-corrected chi connectivity index (χ2v) is 3.52. The summed E-state index contributed by atoms with van der Waals surface area (Å²) in [4.78, 5) is 11.3. The zero-order chi connectivity index (χ0) is 13.0. The van der Waals surface area contributed by atoms with E-state index in [0.29, 0.717) is 17.1 Å². The van der Waals surface area contributed by atoms with Crippen LogP contribution in [0.5, 0.6) is 11.5 Å². The van der Waals surface area contributed by atoms with Crippen molar-refractivity contribution in [2.75, 3.05) is 21.3 Å². The van der Waals surface area contributed by atoms with Gasteiger partial charge in [0.15, 0.2) is 17.6 Å². The predicted molar refractivity (Wildman–Crippen MR) is 61.3 cm³/mol. The first kappa shape index (κ1) is 13.3. The standard InChI is InChI=1S/C12H16O5/c1-7-5-8(10(13)12(14)17-4)11(16-3)9(6-7)15-2/h5-6,10,13H,1-4H3. The molecule has 0 radical (unpaired) electrons. The number of carbonyl (C=O) groups is 1. The number of methoxy groups -OCH3 is 3. The van der Waals surface area contributed by atoms with E-state index < -0.39 is 12.1 Å². The summed E-state index contributed by atoms with van der Waals surface area (Å²) in [5.41, 5.74) is 1.18. The Bertz CT molecular complexity index is 414. The molecular formula is C12H16O5.